The summed E-state index contributed by atoms with van der Waals surface area (Å²) in [5.74, 6) is 1.09. The summed E-state index contributed by atoms with van der Waals surface area (Å²) in [6.07, 6.45) is -2.25. The van der Waals surface area contributed by atoms with Gasteiger partial charge in [-0.15, -0.1) is 0 Å². The van der Waals surface area contributed by atoms with Crippen molar-refractivity contribution in [1.82, 2.24) is 20.0 Å². The standard InChI is InChI=1S/C22H34F3N5/c1-3-20(19-7-5-4-6-8-19)29-11-13-30(14-12-29)21(26-2)27-15-18-9-10-28(16-18)17-22(23,24)25/h4-8,18,20H,3,9-17H2,1-2H3,(H,26,27). The Bertz CT molecular complexity index is 671. The number of guanidine groups is 1. The molecule has 0 saturated carbocycles. The van der Waals surface area contributed by atoms with Crippen molar-refractivity contribution in [2.75, 3.05) is 59.4 Å². The van der Waals surface area contributed by atoms with Crippen LogP contribution in [-0.2, 0) is 0 Å². The normalized spacial score (nSPS) is 23.0. The smallest absolute Gasteiger partial charge is 0.356 e. The van der Waals surface area contributed by atoms with Crippen molar-refractivity contribution in [3.8, 4) is 0 Å². The fourth-order valence-corrected chi connectivity index (χ4v) is 4.67. The summed E-state index contributed by atoms with van der Waals surface area (Å²) >= 11 is 0. The van der Waals surface area contributed by atoms with Crippen LogP contribution in [0.2, 0.25) is 0 Å². The van der Waals surface area contributed by atoms with Crippen molar-refractivity contribution < 1.29 is 13.2 Å². The predicted molar refractivity (Wildman–Crippen MR) is 115 cm³/mol. The van der Waals surface area contributed by atoms with Crippen LogP contribution in [0.15, 0.2) is 35.3 Å². The van der Waals surface area contributed by atoms with E-state index in [1.54, 1.807) is 7.05 Å². The lowest BCUT2D eigenvalue weighted by Crippen LogP contribution is -2.53. The highest BCUT2D eigenvalue weighted by Crippen LogP contribution is 2.25. The highest BCUT2D eigenvalue weighted by atomic mass is 19.4. The van der Waals surface area contributed by atoms with Gasteiger partial charge < -0.3 is 10.2 Å². The third kappa shape index (κ3) is 6.35. The Hall–Kier alpha value is -1.80. The van der Waals surface area contributed by atoms with Crippen LogP contribution in [-0.4, -0.2) is 86.2 Å². The molecule has 2 aliphatic rings. The van der Waals surface area contributed by atoms with Crippen molar-refractivity contribution >= 4 is 5.96 Å². The molecule has 2 fully saturated rings. The van der Waals surface area contributed by atoms with Gasteiger partial charge in [-0.2, -0.15) is 13.2 Å². The Morgan fingerprint density at radius 1 is 1.13 bits per heavy atom. The van der Waals surface area contributed by atoms with E-state index in [-0.39, 0.29) is 5.92 Å². The van der Waals surface area contributed by atoms with Crippen LogP contribution in [0.5, 0.6) is 0 Å². The van der Waals surface area contributed by atoms with Gasteiger partial charge in [0.25, 0.3) is 0 Å². The van der Waals surface area contributed by atoms with Gasteiger partial charge in [-0.3, -0.25) is 14.8 Å². The number of nitrogens with one attached hydrogen (secondary N) is 1. The zero-order chi connectivity index (χ0) is 21.6. The summed E-state index contributed by atoms with van der Waals surface area (Å²) in [4.78, 5) is 10.7. The highest BCUT2D eigenvalue weighted by Gasteiger charge is 2.34. The summed E-state index contributed by atoms with van der Waals surface area (Å²) in [6.45, 7) is 6.83. The first kappa shape index (κ1) is 22.9. The average molecular weight is 426 g/mol. The number of likely N-dealkylation sites (tertiary alicyclic amines) is 1. The molecule has 0 aliphatic carbocycles. The van der Waals surface area contributed by atoms with Gasteiger partial charge in [-0.25, -0.2) is 0 Å². The second-order valence-electron chi connectivity index (χ2n) is 8.29. The van der Waals surface area contributed by atoms with Crippen molar-refractivity contribution in [3.63, 3.8) is 0 Å². The molecule has 2 atom stereocenters. The van der Waals surface area contributed by atoms with E-state index in [1.807, 2.05) is 0 Å². The molecule has 2 saturated heterocycles. The Morgan fingerprint density at radius 3 is 2.43 bits per heavy atom. The lowest BCUT2D eigenvalue weighted by Gasteiger charge is -2.40. The maximum atomic E-state index is 12.6. The lowest BCUT2D eigenvalue weighted by molar-refractivity contribution is -0.143. The molecule has 2 heterocycles. The molecule has 3 rings (SSSR count). The van der Waals surface area contributed by atoms with E-state index in [9.17, 15) is 13.2 Å². The van der Waals surface area contributed by atoms with Gasteiger partial charge in [-0.1, -0.05) is 37.3 Å². The minimum Gasteiger partial charge on any atom is -0.356 e. The minimum atomic E-state index is -4.12. The number of aliphatic imine (C=N–C) groups is 1. The molecule has 8 heteroatoms. The molecule has 0 amide bonds. The highest BCUT2D eigenvalue weighted by molar-refractivity contribution is 5.80. The monoisotopic (exact) mass is 425 g/mol. The van der Waals surface area contributed by atoms with Crippen LogP contribution in [0.4, 0.5) is 13.2 Å². The predicted octanol–water partition coefficient (Wildman–Crippen LogP) is 3.21. The van der Waals surface area contributed by atoms with Crippen LogP contribution in [0.1, 0.15) is 31.4 Å². The molecule has 1 aromatic rings. The second-order valence-corrected chi connectivity index (χ2v) is 8.29. The van der Waals surface area contributed by atoms with Crippen LogP contribution in [0, 0.1) is 5.92 Å². The van der Waals surface area contributed by atoms with Gasteiger partial charge in [0.15, 0.2) is 5.96 Å². The number of hydrogen-bond acceptors (Lipinski definition) is 3. The van der Waals surface area contributed by atoms with E-state index in [0.29, 0.717) is 25.7 Å². The molecule has 5 nitrogen and oxygen atoms in total. The molecule has 1 aromatic carbocycles. The van der Waals surface area contributed by atoms with Gasteiger partial charge in [0.2, 0.25) is 0 Å². The Balaban J connectivity index is 1.45. The average Bonchev–Trinajstić information content (AvgIpc) is 3.16. The largest absolute Gasteiger partial charge is 0.401 e. The number of rotatable bonds is 6. The van der Waals surface area contributed by atoms with Crippen LogP contribution < -0.4 is 5.32 Å². The van der Waals surface area contributed by atoms with Crippen LogP contribution >= 0.6 is 0 Å². The first-order chi connectivity index (χ1) is 14.4. The third-order valence-corrected chi connectivity index (χ3v) is 6.16. The molecule has 1 N–H and O–H groups in total. The first-order valence-electron chi connectivity index (χ1n) is 10.9. The SMILES string of the molecule is CCC(c1ccccc1)N1CCN(C(=NC)NCC2CCN(CC(F)(F)F)C2)CC1. The molecule has 0 radical (unpaired) electrons. The molecule has 2 aliphatic heterocycles. The van der Waals surface area contributed by atoms with Crippen molar-refractivity contribution in [3.05, 3.63) is 35.9 Å². The lowest BCUT2D eigenvalue weighted by atomic mass is 10.0. The maximum absolute atomic E-state index is 12.6. The Labute approximate surface area is 177 Å². The third-order valence-electron chi connectivity index (χ3n) is 6.16. The second kappa shape index (κ2) is 10.5. The fraction of sp³-hybridized carbons (Fsp3) is 0.682. The summed E-state index contributed by atoms with van der Waals surface area (Å²) < 4.78 is 37.7. The number of nitrogens with zero attached hydrogens (tertiary/aromatic N) is 4. The van der Waals surface area contributed by atoms with Crippen molar-refractivity contribution in [2.24, 2.45) is 10.9 Å². The van der Waals surface area contributed by atoms with Crippen LogP contribution in [0.25, 0.3) is 0 Å². The van der Waals surface area contributed by atoms with Crippen molar-refractivity contribution in [1.29, 1.82) is 0 Å². The molecule has 0 aromatic heterocycles. The molecule has 2 unspecified atom stereocenters. The van der Waals surface area contributed by atoms with Gasteiger partial charge >= 0.3 is 6.18 Å². The van der Waals surface area contributed by atoms with E-state index in [4.69, 9.17) is 0 Å². The van der Waals surface area contributed by atoms with Gasteiger partial charge in [0.1, 0.15) is 0 Å². The maximum Gasteiger partial charge on any atom is 0.401 e. The fourth-order valence-electron chi connectivity index (χ4n) is 4.67. The summed E-state index contributed by atoms with van der Waals surface area (Å²) in [5, 5.41) is 3.40. The van der Waals surface area contributed by atoms with E-state index >= 15 is 0 Å². The number of hydrogen-bond donors (Lipinski definition) is 1. The van der Waals surface area contributed by atoms with Gasteiger partial charge in [-0.05, 0) is 30.9 Å². The van der Waals surface area contributed by atoms with Crippen molar-refractivity contribution in [2.45, 2.75) is 32.0 Å². The molecule has 168 valence electrons. The minimum absolute atomic E-state index is 0.230. The van der Waals surface area contributed by atoms with E-state index < -0.39 is 12.7 Å². The van der Waals surface area contributed by atoms with Crippen LogP contribution in [0.3, 0.4) is 0 Å². The number of halogens is 3. The number of benzene rings is 1. The molecular formula is C22H34F3N5. The van der Waals surface area contributed by atoms with E-state index in [2.05, 4.69) is 57.4 Å². The number of piperazine rings is 1. The van der Waals surface area contributed by atoms with Gasteiger partial charge in [0, 0.05) is 52.4 Å². The Kier molecular flexibility index (Phi) is 7.99. The van der Waals surface area contributed by atoms with E-state index in [0.717, 1.165) is 45.0 Å². The zero-order valence-electron chi connectivity index (χ0n) is 18.0. The quantitative estimate of drug-likeness (QED) is 0.561. The molecule has 0 bridgehead atoms. The number of alkyl halides is 3. The summed E-state index contributed by atoms with van der Waals surface area (Å²) in [5.41, 5.74) is 1.36. The van der Waals surface area contributed by atoms with Gasteiger partial charge in [0.05, 0.1) is 6.54 Å². The molecule has 0 spiro atoms. The molecular weight excluding hydrogens is 391 g/mol. The Morgan fingerprint density at radius 2 is 1.83 bits per heavy atom. The summed E-state index contributed by atoms with van der Waals surface area (Å²) in [6, 6.07) is 11.1. The topological polar surface area (TPSA) is 34.1 Å². The first-order valence-corrected chi connectivity index (χ1v) is 10.9. The zero-order valence-corrected chi connectivity index (χ0v) is 18.0. The van der Waals surface area contributed by atoms with E-state index in [1.165, 1.54) is 10.5 Å². The molecule has 30 heavy (non-hydrogen) atoms. The summed E-state index contributed by atoms with van der Waals surface area (Å²) in [7, 11) is 1.78.